The Morgan fingerprint density at radius 3 is 2.33 bits per heavy atom. The molecule has 4 heteroatoms. The van der Waals surface area contributed by atoms with Crippen molar-refractivity contribution in [1.82, 2.24) is 0 Å². The van der Waals surface area contributed by atoms with Crippen molar-refractivity contribution < 1.29 is 13.9 Å². The fourth-order valence-corrected chi connectivity index (χ4v) is 4.47. The number of epoxide rings is 1. The Balaban J connectivity index is 2.11. The molecule has 3 rings (SSSR count). The lowest BCUT2D eigenvalue weighted by molar-refractivity contribution is -0.0574. The van der Waals surface area contributed by atoms with Crippen LogP contribution in [0.3, 0.4) is 0 Å². The molecule has 0 N–H and O–H groups in total. The number of hydrogen-bond acceptors (Lipinski definition) is 3. The van der Waals surface area contributed by atoms with Gasteiger partial charge in [0.05, 0.1) is 13.2 Å². The van der Waals surface area contributed by atoms with E-state index in [1.54, 1.807) is 0 Å². The summed E-state index contributed by atoms with van der Waals surface area (Å²) in [7, 11) is 1.15. The molecule has 2 atom stereocenters. The van der Waals surface area contributed by atoms with Gasteiger partial charge in [0.25, 0.3) is 0 Å². The van der Waals surface area contributed by atoms with Crippen molar-refractivity contribution in [2.75, 3.05) is 13.7 Å². The maximum Gasteiger partial charge on any atom is 0.205 e. The molecule has 1 radical (unpaired) electrons. The number of rotatable bonds is 7. The average molecular weight is 348 g/mol. The molecule has 2 aliphatic rings. The third-order valence-electron chi connectivity index (χ3n) is 5.17. The van der Waals surface area contributed by atoms with E-state index < -0.39 is 9.04 Å². The first-order chi connectivity index (χ1) is 11.3. The first-order valence-electron chi connectivity index (χ1n) is 9.03. The van der Waals surface area contributed by atoms with Crippen LogP contribution in [0.1, 0.15) is 50.3 Å². The monoisotopic (exact) mass is 347 g/mol. The van der Waals surface area contributed by atoms with Crippen molar-refractivity contribution in [2.24, 2.45) is 5.92 Å². The highest BCUT2D eigenvalue weighted by atomic mass is 28.3. The van der Waals surface area contributed by atoms with E-state index in [2.05, 4.69) is 52.1 Å². The first-order valence-corrected chi connectivity index (χ1v) is 11.4. The smallest absolute Gasteiger partial charge is 0.205 e. The minimum atomic E-state index is -0.710. The molecule has 24 heavy (non-hydrogen) atoms. The van der Waals surface area contributed by atoms with Gasteiger partial charge in [0.15, 0.2) is 0 Å². The number of methoxy groups -OCH3 is 1. The maximum atomic E-state index is 6.23. The third-order valence-corrected chi connectivity index (χ3v) is 5.89. The Hall–Kier alpha value is -0.683. The van der Waals surface area contributed by atoms with E-state index in [0.717, 1.165) is 6.61 Å². The molecule has 0 bridgehead atoms. The van der Waals surface area contributed by atoms with Gasteiger partial charge in [-0.2, -0.15) is 0 Å². The van der Waals surface area contributed by atoms with Crippen molar-refractivity contribution in [2.45, 2.75) is 70.4 Å². The van der Waals surface area contributed by atoms with Gasteiger partial charge in [0, 0.05) is 7.11 Å². The highest BCUT2D eigenvalue weighted by Crippen LogP contribution is 2.55. The van der Waals surface area contributed by atoms with E-state index in [1.165, 1.54) is 29.5 Å². The molecule has 1 unspecified atom stereocenters. The lowest BCUT2D eigenvalue weighted by Gasteiger charge is -2.38. The van der Waals surface area contributed by atoms with Gasteiger partial charge in [-0.25, -0.2) is 0 Å². The van der Waals surface area contributed by atoms with Gasteiger partial charge in [-0.05, 0) is 54.0 Å². The van der Waals surface area contributed by atoms with Crippen LogP contribution < -0.4 is 0 Å². The molecule has 3 nitrogen and oxygen atoms in total. The second kappa shape index (κ2) is 6.56. The zero-order chi connectivity index (χ0) is 17.5. The summed E-state index contributed by atoms with van der Waals surface area (Å²) in [5.74, 6) is 0.573. The van der Waals surface area contributed by atoms with Crippen molar-refractivity contribution >= 4 is 9.04 Å². The summed E-state index contributed by atoms with van der Waals surface area (Å²) in [6.07, 6.45) is 2.66. The van der Waals surface area contributed by atoms with Crippen molar-refractivity contribution in [3.8, 4) is 0 Å². The highest BCUT2D eigenvalue weighted by molar-refractivity contribution is 6.48. The fourth-order valence-electron chi connectivity index (χ4n) is 4.03. The quantitative estimate of drug-likeness (QED) is 0.541. The molecule has 0 spiro atoms. The molecule has 2 fully saturated rings. The van der Waals surface area contributed by atoms with E-state index in [1.807, 2.05) is 7.11 Å². The van der Waals surface area contributed by atoms with Crippen LogP contribution in [0, 0.1) is 5.92 Å². The normalized spacial score (nSPS) is 23.4. The predicted octanol–water partition coefficient (Wildman–Crippen LogP) is 4.40. The van der Waals surface area contributed by atoms with Crippen LogP contribution in [0.5, 0.6) is 0 Å². The molecule has 133 valence electrons. The summed E-state index contributed by atoms with van der Waals surface area (Å²) in [6.45, 7) is 12.8. The summed E-state index contributed by atoms with van der Waals surface area (Å²) < 4.78 is 18.1. The van der Waals surface area contributed by atoms with Gasteiger partial charge in [-0.1, -0.05) is 39.0 Å². The minimum Gasteiger partial charge on any atom is -0.413 e. The summed E-state index contributed by atoms with van der Waals surface area (Å²) in [5.41, 5.74) is 3.76. The van der Waals surface area contributed by atoms with Crippen molar-refractivity contribution in [1.29, 1.82) is 0 Å². The molecule has 1 aromatic carbocycles. The van der Waals surface area contributed by atoms with Crippen LogP contribution in [0.2, 0.25) is 13.1 Å². The maximum absolute atomic E-state index is 6.23. The van der Waals surface area contributed by atoms with Crippen LogP contribution in [-0.4, -0.2) is 28.9 Å². The van der Waals surface area contributed by atoms with E-state index >= 15 is 0 Å². The molecule has 0 amide bonds. The van der Waals surface area contributed by atoms with Crippen LogP contribution in [0.4, 0.5) is 0 Å². The Labute approximate surface area is 148 Å². The van der Waals surface area contributed by atoms with Crippen LogP contribution in [-0.2, 0) is 31.5 Å². The van der Waals surface area contributed by atoms with E-state index in [-0.39, 0.29) is 17.1 Å². The molecule has 0 aromatic heterocycles. The number of hydrogen-bond donors (Lipinski definition) is 0. The second-order valence-electron chi connectivity index (χ2n) is 8.38. The predicted molar refractivity (Wildman–Crippen MR) is 98.6 cm³/mol. The van der Waals surface area contributed by atoms with Gasteiger partial charge in [-0.3, -0.25) is 0 Å². The van der Waals surface area contributed by atoms with E-state index in [4.69, 9.17) is 13.9 Å². The molecule has 1 heterocycles. The van der Waals surface area contributed by atoms with Gasteiger partial charge < -0.3 is 13.9 Å². The Kier molecular flexibility index (Phi) is 4.95. The summed E-state index contributed by atoms with van der Waals surface area (Å²) in [5, 5.41) is 0. The zero-order valence-corrected chi connectivity index (χ0v) is 16.9. The second-order valence-corrected chi connectivity index (χ2v) is 10.5. The van der Waals surface area contributed by atoms with Crippen LogP contribution in [0.25, 0.3) is 0 Å². The molecule has 1 aromatic rings. The Morgan fingerprint density at radius 2 is 1.88 bits per heavy atom. The topological polar surface area (TPSA) is 31.0 Å². The molecular formula is C20H31O3Si. The molecule has 1 saturated carbocycles. The summed E-state index contributed by atoms with van der Waals surface area (Å²) >= 11 is 0. The minimum absolute atomic E-state index is 0.0389. The lowest BCUT2D eigenvalue weighted by Crippen LogP contribution is -2.40. The van der Waals surface area contributed by atoms with E-state index in [9.17, 15) is 0 Å². The van der Waals surface area contributed by atoms with Crippen molar-refractivity contribution in [3.63, 3.8) is 0 Å². The lowest BCUT2D eigenvalue weighted by atomic mass is 9.73. The fraction of sp³-hybridized carbons (Fsp3) is 0.700. The van der Waals surface area contributed by atoms with Gasteiger partial charge in [-0.15, -0.1) is 0 Å². The molecule has 1 aliphatic heterocycles. The number of ether oxygens (including phenoxy) is 2. The highest BCUT2D eigenvalue weighted by Gasteiger charge is 2.58. The van der Waals surface area contributed by atoms with Gasteiger partial charge in [0.1, 0.15) is 11.7 Å². The Morgan fingerprint density at radius 1 is 1.21 bits per heavy atom. The van der Waals surface area contributed by atoms with Crippen LogP contribution in [0.15, 0.2) is 18.2 Å². The van der Waals surface area contributed by atoms with E-state index in [0.29, 0.717) is 12.5 Å². The average Bonchev–Trinajstić information content (AvgIpc) is 3.36. The SMILES string of the molecule is COC(c1cccc(CO[Si](C)C)c1C(C)(C)C)(C1CC1)[C@H]1CO1. The summed E-state index contributed by atoms with van der Waals surface area (Å²) in [4.78, 5) is 0. The standard InChI is InChI=1S/C20H31O3Si/c1-19(2,3)18-14(12-23-24(5)6)8-7-9-16(18)20(21-4,15-10-11-15)17-13-22-17/h7-9,15,17H,10-13H2,1-6H3/t17-,20?/m1/s1. The summed E-state index contributed by atoms with van der Waals surface area (Å²) in [6, 6.07) is 6.65. The number of benzene rings is 1. The molecular weight excluding hydrogens is 316 g/mol. The molecule has 1 aliphatic carbocycles. The third kappa shape index (κ3) is 3.34. The van der Waals surface area contributed by atoms with Gasteiger partial charge in [0.2, 0.25) is 9.04 Å². The van der Waals surface area contributed by atoms with Gasteiger partial charge >= 0.3 is 0 Å². The first kappa shape index (κ1) is 18.1. The van der Waals surface area contributed by atoms with Crippen LogP contribution >= 0.6 is 0 Å². The van der Waals surface area contributed by atoms with Crippen molar-refractivity contribution in [3.05, 3.63) is 34.9 Å². The molecule has 1 saturated heterocycles. The zero-order valence-electron chi connectivity index (χ0n) is 15.9. The largest absolute Gasteiger partial charge is 0.413 e. The Bertz CT molecular complexity index is 571.